The smallest absolute Gasteiger partial charge is 0.104 e. The largest absolute Gasteiger partial charge is 0.389 e. The molecule has 2 nitrogen and oxygen atoms in total. The maximum absolute atomic E-state index is 6.38. The highest BCUT2D eigenvalue weighted by Gasteiger charge is 2.25. The van der Waals surface area contributed by atoms with Gasteiger partial charge in [0, 0.05) is 34.6 Å². The SMILES string of the molecule is CC1c2ccsc2CCN1Cc1ccc(C(N)=S)cc1Cl. The topological polar surface area (TPSA) is 29.3 Å². The van der Waals surface area contributed by atoms with Crippen molar-refractivity contribution in [1.29, 1.82) is 0 Å². The van der Waals surface area contributed by atoms with Gasteiger partial charge in [-0.3, -0.25) is 4.90 Å². The average molecular weight is 337 g/mol. The highest BCUT2D eigenvalue weighted by atomic mass is 35.5. The summed E-state index contributed by atoms with van der Waals surface area (Å²) in [7, 11) is 0. The van der Waals surface area contributed by atoms with Gasteiger partial charge in [0.05, 0.1) is 0 Å². The number of hydrogen-bond donors (Lipinski definition) is 1. The molecule has 2 aromatic rings. The van der Waals surface area contributed by atoms with Gasteiger partial charge in [0.15, 0.2) is 0 Å². The van der Waals surface area contributed by atoms with Crippen LogP contribution in [0.5, 0.6) is 0 Å². The Bertz CT molecular complexity index is 681. The molecule has 0 saturated heterocycles. The molecule has 110 valence electrons. The summed E-state index contributed by atoms with van der Waals surface area (Å²) in [5.74, 6) is 0. The summed E-state index contributed by atoms with van der Waals surface area (Å²) in [6.45, 7) is 4.19. The Labute approximate surface area is 139 Å². The fourth-order valence-corrected chi connectivity index (χ4v) is 4.16. The Morgan fingerprint density at radius 1 is 1.48 bits per heavy atom. The molecule has 1 unspecified atom stereocenters. The minimum atomic E-state index is 0.387. The second kappa shape index (κ2) is 6.05. The Morgan fingerprint density at radius 2 is 2.29 bits per heavy atom. The van der Waals surface area contributed by atoms with Gasteiger partial charge in [0.25, 0.3) is 0 Å². The van der Waals surface area contributed by atoms with E-state index in [9.17, 15) is 0 Å². The maximum Gasteiger partial charge on any atom is 0.104 e. The van der Waals surface area contributed by atoms with E-state index in [0.29, 0.717) is 11.0 Å². The Hall–Kier alpha value is -0.940. The lowest BCUT2D eigenvalue weighted by atomic mass is 10.0. The predicted molar refractivity (Wildman–Crippen MR) is 94.2 cm³/mol. The number of benzene rings is 1. The summed E-state index contributed by atoms with van der Waals surface area (Å²) >= 11 is 13.2. The molecule has 1 aliphatic rings. The number of nitrogens with zero attached hydrogens (tertiary/aromatic N) is 1. The van der Waals surface area contributed by atoms with Gasteiger partial charge in [-0.05, 0) is 42.0 Å². The zero-order valence-electron chi connectivity index (χ0n) is 11.8. The van der Waals surface area contributed by atoms with Crippen LogP contribution >= 0.6 is 35.2 Å². The Morgan fingerprint density at radius 3 is 3.00 bits per heavy atom. The van der Waals surface area contributed by atoms with Crippen molar-refractivity contribution < 1.29 is 0 Å². The van der Waals surface area contributed by atoms with E-state index in [1.165, 1.54) is 10.4 Å². The van der Waals surface area contributed by atoms with Crippen LogP contribution in [0.25, 0.3) is 0 Å². The monoisotopic (exact) mass is 336 g/mol. The maximum atomic E-state index is 6.38. The summed E-state index contributed by atoms with van der Waals surface area (Å²) < 4.78 is 0. The van der Waals surface area contributed by atoms with Gasteiger partial charge in [0.1, 0.15) is 4.99 Å². The van der Waals surface area contributed by atoms with Crippen LogP contribution < -0.4 is 5.73 Å². The van der Waals surface area contributed by atoms with E-state index in [-0.39, 0.29) is 0 Å². The summed E-state index contributed by atoms with van der Waals surface area (Å²) in [4.78, 5) is 4.38. The first kappa shape index (κ1) is 15.0. The third-order valence-corrected chi connectivity index (χ3v) is 5.70. The van der Waals surface area contributed by atoms with Gasteiger partial charge in [-0.1, -0.05) is 36.0 Å². The third-order valence-electron chi connectivity index (χ3n) is 4.11. The number of hydrogen-bond acceptors (Lipinski definition) is 3. The molecule has 2 N–H and O–H groups in total. The van der Waals surface area contributed by atoms with Crippen LogP contribution in [0, 0.1) is 0 Å². The molecule has 0 aliphatic carbocycles. The van der Waals surface area contributed by atoms with E-state index >= 15 is 0 Å². The van der Waals surface area contributed by atoms with Crippen molar-refractivity contribution >= 4 is 40.1 Å². The van der Waals surface area contributed by atoms with Gasteiger partial charge in [0.2, 0.25) is 0 Å². The summed E-state index contributed by atoms with van der Waals surface area (Å²) in [6.07, 6.45) is 1.12. The van der Waals surface area contributed by atoms with Crippen LogP contribution in [0.3, 0.4) is 0 Å². The third kappa shape index (κ3) is 2.99. The molecule has 1 aliphatic heterocycles. The number of rotatable bonds is 3. The van der Waals surface area contributed by atoms with Crippen LogP contribution in [0.15, 0.2) is 29.6 Å². The standard InChI is InChI=1S/C16H17ClN2S2/c1-10-13-5-7-21-15(13)4-6-19(10)9-12-3-2-11(16(18)20)8-14(12)17/h2-3,5,7-8,10H,4,6,9H2,1H3,(H2,18,20). The van der Waals surface area contributed by atoms with Crippen molar-refractivity contribution in [2.24, 2.45) is 5.73 Å². The van der Waals surface area contributed by atoms with E-state index < -0.39 is 0 Å². The predicted octanol–water partition coefficient (Wildman–Crippen LogP) is 4.16. The molecule has 21 heavy (non-hydrogen) atoms. The van der Waals surface area contributed by atoms with E-state index in [2.05, 4.69) is 23.3 Å². The molecule has 0 bridgehead atoms. The van der Waals surface area contributed by atoms with Crippen LogP contribution in [0.2, 0.25) is 5.02 Å². The molecule has 1 aromatic heterocycles. The highest BCUT2D eigenvalue weighted by molar-refractivity contribution is 7.80. The van der Waals surface area contributed by atoms with Gasteiger partial charge in [-0.15, -0.1) is 11.3 Å². The fourth-order valence-electron chi connectivity index (χ4n) is 2.83. The molecule has 1 atom stereocenters. The molecular formula is C16H17ClN2S2. The van der Waals surface area contributed by atoms with Crippen molar-refractivity contribution in [1.82, 2.24) is 4.90 Å². The number of halogens is 1. The summed E-state index contributed by atoms with van der Waals surface area (Å²) in [5, 5.41) is 2.93. The number of nitrogens with two attached hydrogens (primary N) is 1. The molecule has 0 radical (unpaired) electrons. The zero-order valence-corrected chi connectivity index (χ0v) is 14.2. The van der Waals surface area contributed by atoms with Gasteiger partial charge >= 0.3 is 0 Å². The minimum absolute atomic E-state index is 0.387. The average Bonchev–Trinajstić information content (AvgIpc) is 2.93. The first-order chi connectivity index (χ1) is 10.1. The van der Waals surface area contributed by atoms with Gasteiger partial charge in [-0.25, -0.2) is 0 Å². The second-order valence-corrected chi connectivity index (χ2v) is 7.21. The molecule has 0 spiro atoms. The molecule has 3 rings (SSSR count). The number of thiophene rings is 1. The first-order valence-electron chi connectivity index (χ1n) is 6.95. The molecule has 0 amide bonds. The lowest BCUT2D eigenvalue weighted by molar-refractivity contribution is 0.191. The van der Waals surface area contributed by atoms with Crippen molar-refractivity contribution in [2.75, 3.05) is 6.54 Å². The number of fused-ring (bicyclic) bond motifs is 1. The van der Waals surface area contributed by atoms with Crippen molar-refractivity contribution in [3.63, 3.8) is 0 Å². The first-order valence-corrected chi connectivity index (χ1v) is 8.61. The quantitative estimate of drug-likeness (QED) is 0.853. The van der Waals surface area contributed by atoms with Crippen molar-refractivity contribution in [2.45, 2.75) is 25.9 Å². The number of thiocarbonyl (C=S) groups is 1. The van der Waals surface area contributed by atoms with Crippen molar-refractivity contribution in [3.8, 4) is 0 Å². The van der Waals surface area contributed by atoms with E-state index in [1.54, 1.807) is 0 Å². The van der Waals surface area contributed by atoms with Crippen LogP contribution in [-0.2, 0) is 13.0 Å². The molecular weight excluding hydrogens is 320 g/mol. The summed E-state index contributed by atoms with van der Waals surface area (Å²) in [6, 6.07) is 8.53. The fraction of sp³-hybridized carbons (Fsp3) is 0.312. The van der Waals surface area contributed by atoms with Crippen LogP contribution in [0.1, 0.15) is 34.5 Å². The van der Waals surface area contributed by atoms with Gasteiger partial charge < -0.3 is 5.73 Å². The Kier molecular flexibility index (Phi) is 4.31. The van der Waals surface area contributed by atoms with Crippen molar-refractivity contribution in [3.05, 3.63) is 56.2 Å². The zero-order chi connectivity index (χ0) is 15.0. The normalized spacial score (nSPS) is 18.5. The van der Waals surface area contributed by atoms with Gasteiger partial charge in [-0.2, -0.15) is 0 Å². The molecule has 2 heterocycles. The van der Waals surface area contributed by atoms with E-state index in [0.717, 1.165) is 35.7 Å². The lowest BCUT2D eigenvalue weighted by Crippen LogP contribution is -2.32. The second-order valence-electron chi connectivity index (χ2n) is 5.37. The highest BCUT2D eigenvalue weighted by Crippen LogP contribution is 2.34. The minimum Gasteiger partial charge on any atom is -0.389 e. The molecule has 0 fully saturated rings. The van der Waals surface area contributed by atoms with Crippen LogP contribution in [-0.4, -0.2) is 16.4 Å². The molecule has 1 aromatic carbocycles. The summed E-state index contributed by atoms with van der Waals surface area (Å²) in [5.41, 5.74) is 9.06. The Balaban J connectivity index is 1.80. The molecule has 0 saturated carbocycles. The van der Waals surface area contributed by atoms with E-state index in [1.807, 2.05) is 29.5 Å². The van der Waals surface area contributed by atoms with Crippen LogP contribution in [0.4, 0.5) is 0 Å². The molecule has 5 heteroatoms. The van der Waals surface area contributed by atoms with E-state index in [4.69, 9.17) is 29.6 Å². The lowest BCUT2D eigenvalue weighted by Gasteiger charge is -2.33.